The number of amides is 2. The normalized spacial score (nSPS) is 13.8. The van der Waals surface area contributed by atoms with E-state index < -0.39 is 0 Å². The van der Waals surface area contributed by atoms with E-state index in [-0.39, 0.29) is 24.1 Å². The van der Waals surface area contributed by atoms with Gasteiger partial charge in [0.05, 0.1) is 39.7 Å². The smallest absolute Gasteiger partial charge is 0.251 e. The van der Waals surface area contributed by atoms with Crippen LogP contribution in [0.3, 0.4) is 0 Å². The summed E-state index contributed by atoms with van der Waals surface area (Å²) in [6.07, 6.45) is 0. The van der Waals surface area contributed by atoms with Gasteiger partial charge in [0.2, 0.25) is 5.91 Å². The van der Waals surface area contributed by atoms with Crippen LogP contribution in [0.4, 0.5) is 0 Å². The lowest BCUT2D eigenvalue weighted by molar-refractivity contribution is -0.132. The monoisotopic (exact) mass is 435 g/mol. The number of rotatable bonds is 8. The van der Waals surface area contributed by atoms with E-state index in [1.54, 1.807) is 34.7 Å². The Hall–Kier alpha value is -2.79. The molecule has 0 unspecified atom stereocenters. The molecule has 0 spiro atoms. The lowest BCUT2D eigenvalue weighted by atomic mass is 10.2. The summed E-state index contributed by atoms with van der Waals surface area (Å²) < 4.78 is 17.4. The van der Waals surface area contributed by atoms with Gasteiger partial charge in [-0.05, 0) is 18.2 Å². The summed E-state index contributed by atoms with van der Waals surface area (Å²) >= 11 is 1.32. The van der Waals surface area contributed by atoms with Gasteiger partial charge >= 0.3 is 0 Å². The van der Waals surface area contributed by atoms with Gasteiger partial charge in [-0.1, -0.05) is 11.8 Å². The van der Waals surface area contributed by atoms with E-state index in [1.807, 2.05) is 0 Å². The highest BCUT2D eigenvalue weighted by molar-refractivity contribution is 7.99. The third-order valence-corrected chi connectivity index (χ3v) is 5.67. The molecular formula is C19H25N5O5S. The molecule has 162 valence electrons. The van der Waals surface area contributed by atoms with Crippen LogP contribution in [0, 0.1) is 0 Å². The molecule has 30 heavy (non-hydrogen) atoms. The van der Waals surface area contributed by atoms with Gasteiger partial charge in [-0.25, -0.2) is 0 Å². The second-order valence-electron chi connectivity index (χ2n) is 6.49. The average molecular weight is 436 g/mol. The lowest BCUT2D eigenvalue weighted by Gasteiger charge is -2.26. The van der Waals surface area contributed by atoms with Crippen LogP contribution in [0.1, 0.15) is 16.2 Å². The first-order valence-electron chi connectivity index (χ1n) is 9.40. The molecule has 2 aromatic rings. The third kappa shape index (κ3) is 5.22. The van der Waals surface area contributed by atoms with Crippen molar-refractivity contribution in [1.82, 2.24) is 25.0 Å². The van der Waals surface area contributed by atoms with Crippen molar-refractivity contribution in [3.8, 4) is 11.5 Å². The quantitative estimate of drug-likeness (QED) is 0.604. The summed E-state index contributed by atoms with van der Waals surface area (Å²) in [5.41, 5.74) is 0.445. The second-order valence-corrected chi connectivity index (χ2v) is 7.43. The molecule has 1 N–H and O–H groups in total. The third-order valence-electron chi connectivity index (χ3n) is 4.67. The molecular weight excluding hydrogens is 410 g/mol. The number of aromatic nitrogens is 3. The van der Waals surface area contributed by atoms with E-state index >= 15 is 0 Å². The Balaban J connectivity index is 1.54. The van der Waals surface area contributed by atoms with E-state index in [2.05, 4.69) is 15.5 Å². The number of benzene rings is 1. The summed E-state index contributed by atoms with van der Waals surface area (Å²) in [7, 11) is 4.86. The highest BCUT2D eigenvalue weighted by Crippen LogP contribution is 2.27. The maximum atomic E-state index is 12.5. The fourth-order valence-corrected chi connectivity index (χ4v) is 3.73. The largest absolute Gasteiger partial charge is 0.493 e. The summed E-state index contributed by atoms with van der Waals surface area (Å²) in [6.45, 7) is 2.58. The number of ether oxygens (including phenoxy) is 3. The zero-order valence-electron chi connectivity index (χ0n) is 17.2. The molecule has 0 saturated carbocycles. The summed E-state index contributed by atoms with van der Waals surface area (Å²) in [5, 5.41) is 11.7. The Labute approximate surface area is 178 Å². The molecule has 1 aliphatic heterocycles. The number of nitrogens with one attached hydrogen (secondary N) is 1. The Kier molecular flexibility index (Phi) is 7.52. The molecule has 1 aromatic carbocycles. The molecule has 2 heterocycles. The average Bonchev–Trinajstić information content (AvgIpc) is 3.15. The van der Waals surface area contributed by atoms with Crippen molar-refractivity contribution in [2.45, 2.75) is 11.7 Å². The number of morpholine rings is 1. The van der Waals surface area contributed by atoms with Gasteiger partial charge in [-0.3, -0.25) is 9.59 Å². The first-order valence-corrected chi connectivity index (χ1v) is 10.4. The van der Waals surface area contributed by atoms with E-state index in [0.29, 0.717) is 54.3 Å². The van der Waals surface area contributed by atoms with Gasteiger partial charge in [0.15, 0.2) is 22.5 Å². The van der Waals surface area contributed by atoms with Crippen molar-refractivity contribution >= 4 is 23.6 Å². The van der Waals surface area contributed by atoms with Crippen LogP contribution in [0.15, 0.2) is 23.4 Å². The number of thioether (sulfide) groups is 1. The molecule has 0 bridgehead atoms. The maximum Gasteiger partial charge on any atom is 0.251 e. The van der Waals surface area contributed by atoms with Crippen LogP contribution in [-0.2, 0) is 23.1 Å². The Morgan fingerprint density at radius 1 is 1.17 bits per heavy atom. The fraction of sp³-hybridized carbons (Fsp3) is 0.474. The number of carbonyl (C=O) groups excluding carboxylic acids is 2. The Bertz CT molecular complexity index is 897. The first kappa shape index (κ1) is 21.9. The van der Waals surface area contributed by atoms with Crippen LogP contribution in [0.25, 0.3) is 0 Å². The Morgan fingerprint density at radius 3 is 2.60 bits per heavy atom. The van der Waals surface area contributed by atoms with Crippen LogP contribution < -0.4 is 14.8 Å². The van der Waals surface area contributed by atoms with Gasteiger partial charge in [-0.15, -0.1) is 10.2 Å². The molecule has 0 atom stereocenters. The number of hydrogen-bond donors (Lipinski definition) is 1. The van der Waals surface area contributed by atoms with Crippen LogP contribution in [0.2, 0.25) is 0 Å². The molecule has 3 rings (SSSR count). The molecule has 1 saturated heterocycles. The number of hydrogen-bond acceptors (Lipinski definition) is 8. The van der Waals surface area contributed by atoms with Gasteiger partial charge in [0.25, 0.3) is 5.91 Å². The Morgan fingerprint density at radius 2 is 1.90 bits per heavy atom. The van der Waals surface area contributed by atoms with Gasteiger partial charge in [0, 0.05) is 25.7 Å². The summed E-state index contributed by atoms with van der Waals surface area (Å²) in [5.74, 6) is 1.68. The fourth-order valence-electron chi connectivity index (χ4n) is 2.89. The number of nitrogens with zero attached hydrogens (tertiary/aromatic N) is 4. The zero-order valence-corrected chi connectivity index (χ0v) is 18.0. The maximum absolute atomic E-state index is 12.5. The van der Waals surface area contributed by atoms with Crippen molar-refractivity contribution in [1.29, 1.82) is 0 Å². The van der Waals surface area contributed by atoms with Gasteiger partial charge < -0.3 is 29.0 Å². The van der Waals surface area contributed by atoms with Crippen molar-refractivity contribution in [2.75, 3.05) is 46.3 Å². The van der Waals surface area contributed by atoms with E-state index in [9.17, 15) is 9.59 Å². The van der Waals surface area contributed by atoms with Crippen molar-refractivity contribution in [2.24, 2.45) is 7.05 Å². The lowest BCUT2D eigenvalue weighted by Crippen LogP contribution is -2.41. The van der Waals surface area contributed by atoms with Gasteiger partial charge in [-0.2, -0.15) is 0 Å². The molecule has 0 radical (unpaired) electrons. The summed E-state index contributed by atoms with van der Waals surface area (Å²) in [6, 6.07) is 4.95. The zero-order chi connectivity index (χ0) is 21.5. The number of methoxy groups -OCH3 is 2. The SMILES string of the molecule is COc1ccc(C(=O)NCc2nnc(SCC(=O)N3CCOCC3)n2C)cc1OC. The van der Waals surface area contributed by atoms with E-state index in [1.165, 1.54) is 26.0 Å². The van der Waals surface area contributed by atoms with Crippen LogP contribution >= 0.6 is 11.8 Å². The van der Waals surface area contributed by atoms with E-state index in [0.717, 1.165) is 0 Å². The molecule has 1 aliphatic rings. The predicted octanol–water partition coefficient (Wildman–Crippen LogP) is 0.713. The van der Waals surface area contributed by atoms with Crippen molar-refractivity contribution in [3.05, 3.63) is 29.6 Å². The minimum atomic E-state index is -0.268. The number of carbonyl (C=O) groups is 2. The first-order chi connectivity index (χ1) is 14.5. The minimum Gasteiger partial charge on any atom is -0.493 e. The molecule has 0 aliphatic carbocycles. The van der Waals surface area contributed by atoms with Crippen molar-refractivity contribution in [3.63, 3.8) is 0 Å². The van der Waals surface area contributed by atoms with Crippen LogP contribution in [-0.4, -0.2) is 77.8 Å². The van der Waals surface area contributed by atoms with Crippen LogP contribution in [0.5, 0.6) is 11.5 Å². The molecule has 2 amide bonds. The van der Waals surface area contributed by atoms with Crippen molar-refractivity contribution < 1.29 is 23.8 Å². The minimum absolute atomic E-state index is 0.0506. The molecule has 10 nitrogen and oxygen atoms in total. The standard InChI is InChI=1S/C19H25N5O5S/c1-23-16(11-20-18(26)13-4-5-14(27-2)15(10-13)28-3)21-22-19(23)30-12-17(25)24-6-8-29-9-7-24/h4-5,10H,6-9,11-12H2,1-3H3,(H,20,26). The second kappa shape index (κ2) is 10.3. The topological polar surface area (TPSA) is 108 Å². The van der Waals surface area contributed by atoms with Gasteiger partial charge in [0.1, 0.15) is 0 Å². The van der Waals surface area contributed by atoms with E-state index in [4.69, 9.17) is 14.2 Å². The molecule has 1 aromatic heterocycles. The highest BCUT2D eigenvalue weighted by Gasteiger charge is 2.19. The predicted molar refractivity (Wildman–Crippen MR) is 110 cm³/mol. The summed E-state index contributed by atoms with van der Waals surface area (Å²) in [4.78, 5) is 26.5. The highest BCUT2D eigenvalue weighted by atomic mass is 32.2. The molecule has 11 heteroatoms. The molecule has 1 fully saturated rings.